The Balaban J connectivity index is 1.50. The quantitative estimate of drug-likeness (QED) is 0.483. The van der Waals surface area contributed by atoms with E-state index in [1.54, 1.807) is 12.0 Å². The third-order valence-corrected chi connectivity index (χ3v) is 6.36. The first-order chi connectivity index (χ1) is 16.6. The molecule has 34 heavy (non-hydrogen) atoms. The van der Waals surface area contributed by atoms with Gasteiger partial charge in [0.1, 0.15) is 5.75 Å². The van der Waals surface area contributed by atoms with E-state index in [4.69, 9.17) is 9.47 Å². The minimum Gasteiger partial charge on any atom is -0.493 e. The highest BCUT2D eigenvalue weighted by Gasteiger charge is 2.27. The number of hydrogen-bond acceptors (Lipinski definition) is 4. The molecular formula is C28H33N3O3. The third-order valence-electron chi connectivity index (χ3n) is 6.36. The van der Waals surface area contributed by atoms with Crippen LogP contribution in [0.3, 0.4) is 0 Å². The van der Waals surface area contributed by atoms with Gasteiger partial charge in [0.05, 0.1) is 7.11 Å². The Morgan fingerprint density at radius 3 is 2.44 bits per heavy atom. The summed E-state index contributed by atoms with van der Waals surface area (Å²) in [5, 5.41) is 6.75. The van der Waals surface area contributed by atoms with Crippen LogP contribution in [0.2, 0.25) is 0 Å². The summed E-state index contributed by atoms with van der Waals surface area (Å²) >= 11 is 0. The van der Waals surface area contributed by atoms with Crippen molar-refractivity contribution in [3.8, 4) is 17.2 Å². The van der Waals surface area contributed by atoms with Gasteiger partial charge in [0.25, 0.3) is 0 Å². The van der Waals surface area contributed by atoms with Crippen LogP contribution < -0.4 is 25.0 Å². The third kappa shape index (κ3) is 6.08. The van der Waals surface area contributed by atoms with Crippen molar-refractivity contribution in [2.45, 2.75) is 25.3 Å². The van der Waals surface area contributed by atoms with Gasteiger partial charge >= 0.3 is 6.03 Å². The Morgan fingerprint density at radius 2 is 1.71 bits per heavy atom. The zero-order chi connectivity index (χ0) is 23.8. The van der Waals surface area contributed by atoms with E-state index in [1.807, 2.05) is 79.8 Å². The molecule has 1 aliphatic rings. The number of carbonyl (C=O) groups excluding carboxylic acids is 1. The Hall–Kier alpha value is -3.51. The van der Waals surface area contributed by atoms with Gasteiger partial charge in [-0.05, 0) is 80.2 Å². The van der Waals surface area contributed by atoms with E-state index in [2.05, 4.69) is 16.7 Å². The molecule has 3 aromatic carbocycles. The van der Waals surface area contributed by atoms with Gasteiger partial charge in [-0.25, -0.2) is 4.79 Å². The number of benzene rings is 3. The van der Waals surface area contributed by atoms with Crippen molar-refractivity contribution < 1.29 is 14.3 Å². The van der Waals surface area contributed by atoms with Crippen molar-refractivity contribution in [2.75, 3.05) is 32.1 Å². The van der Waals surface area contributed by atoms with Crippen molar-refractivity contribution in [3.05, 3.63) is 84.4 Å². The van der Waals surface area contributed by atoms with E-state index in [9.17, 15) is 4.79 Å². The molecule has 6 nitrogen and oxygen atoms in total. The average Bonchev–Trinajstić information content (AvgIpc) is 2.89. The molecule has 1 atom stereocenters. The second-order valence-electron chi connectivity index (χ2n) is 8.64. The molecule has 2 amide bonds. The van der Waals surface area contributed by atoms with Crippen LogP contribution >= 0.6 is 0 Å². The van der Waals surface area contributed by atoms with Gasteiger partial charge in [-0.1, -0.05) is 42.5 Å². The maximum absolute atomic E-state index is 13.1. The highest BCUT2D eigenvalue weighted by atomic mass is 16.5. The minimum absolute atomic E-state index is 0.0299. The van der Waals surface area contributed by atoms with E-state index >= 15 is 0 Å². The smallest absolute Gasteiger partial charge is 0.321 e. The summed E-state index contributed by atoms with van der Waals surface area (Å²) in [5.74, 6) is 2.53. The van der Waals surface area contributed by atoms with Gasteiger partial charge in [0.2, 0.25) is 0 Å². The summed E-state index contributed by atoms with van der Waals surface area (Å²) in [6, 6.07) is 25.4. The number of amides is 2. The molecule has 1 saturated heterocycles. The van der Waals surface area contributed by atoms with Crippen molar-refractivity contribution in [1.82, 2.24) is 10.6 Å². The Labute approximate surface area is 201 Å². The number of urea groups is 1. The first-order valence-electron chi connectivity index (χ1n) is 11.8. The fourth-order valence-corrected chi connectivity index (χ4v) is 4.43. The van der Waals surface area contributed by atoms with Crippen molar-refractivity contribution in [3.63, 3.8) is 0 Å². The van der Waals surface area contributed by atoms with Crippen LogP contribution in [0, 0.1) is 5.92 Å². The van der Waals surface area contributed by atoms with Gasteiger partial charge in [-0.3, -0.25) is 4.90 Å². The van der Waals surface area contributed by atoms with Crippen LogP contribution in [0.1, 0.15) is 18.4 Å². The monoisotopic (exact) mass is 459 g/mol. The van der Waals surface area contributed by atoms with Gasteiger partial charge in [-0.2, -0.15) is 0 Å². The molecule has 1 heterocycles. The number of ether oxygens (including phenoxy) is 2. The Bertz CT molecular complexity index is 1070. The van der Waals surface area contributed by atoms with E-state index in [0.29, 0.717) is 17.4 Å². The topological polar surface area (TPSA) is 62.8 Å². The standard InChI is InChI=1S/C28H33N3O3/c1-31(23-10-4-3-5-11-23)28(32)30-25(22-15-17-29-18-16-22)20-21-9-8-12-24(19-21)34-27-14-7-6-13-26(27)33-2/h3-14,19,22,25,29H,15-18,20H2,1-2H3,(H,30,32). The van der Waals surface area contributed by atoms with Crippen LogP contribution in [0.15, 0.2) is 78.9 Å². The van der Waals surface area contributed by atoms with E-state index < -0.39 is 0 Å². The molecule has 0 aliphatic carbocycles. The molecule has 3 aromatic rings. The van der Waals surface area contributed by atoms with E-state index in [1.165, 1.54) is 0 Å². The molecule has 178 valence electrons. The lowest BCUT2D eigenvalue weighted by Crippen LogP contribution is -2.49. The lowest BCUT2D eigenvalue weighted by molar-refractivity contribution is 0.229. The van der Waals surface area contributed by atoms with Gasteiger partial charge in [0, 0.05) is 18.8 Å². The molecule has 0 bridgehead atoms. The highest BCUT2D eigenvalue weighted by Crippen LogP contribution is 2.31. The second-order valence-corrected chi connectivity index (χ2v) is 8.64. The number of rotatable bonds is 8. The lowest BCUT2D eigenvalue weighted by atomic mass is 9.86. The van der Waals surface area contributed by atoms with Crippen LogP contribution in [0.4, 0.5) is 10.5 Å². The van der Waals surface area contributed by atoms with Gasteiger partial charge in [0.15, 0.2) is 11.5 Å². The van der Waals surface area contributed by atoms with Crippen LogP contribution in [-0.4, -0.2) is 39.3 Å². The molecule has 1 aliphatic heterocycles. The van der Waals surface area contributed by atoms with Crippen LogP contribution in [-0.2, 0) is 6.42 Å². The summed E-state index contributed by atoms with van der Waals surface area (Å²) in [4.78, 5) is 14.8. The van der Waals surface area contributed by atoms with Crippen LogP contribution in [0.5, 0.6) is 17.2 Å². The minimum atomic E-state index is -0.0869. The van der Waals surface area contributed by atoms with E-state index in [-0.39, 0.29) is 12.1 Å². The molecule has 0 aromatic heterocycles. The first kappa shape index (κ1) is 23.6. The average molecular weight is 460 g/mol. The summed E-state index contributed by atoms with van der Waals surface area (Å²) < 4.78 is 11.5. The summed E-state index contributed by atoms with van der Waals surface area (Å²) in [7, 11) is 3.45. The molecule has 0 radical (unpaired) electrons. The fraction of sp³-hybridized carbons (Fsp3) is 0.321. The lowest BCUT2D eigenvalue weighted by Gasteiger charge is -2.33. The zero-order valence-electron chi connectivity index (χ0n) is 19.9. The molecule has 6 heteroatoms. The maximum atomic E-state index is 13.1. The highest BCUT2D eigenvalue weighted by molar-refractivity contribution is 5.91. The zero-order valence-corrected chi connectivity index (χ0v) is 19.9. The molecule has 0 spiro atoms. The number of methoxy groups -OCH3 is 1. The van der Waals surface area contributed by atoms with Crippen LogP contribution in [0.25, 0.3) is 0 Å². The first-order valence-corrected chi connectivity index (χ1v) is 11.8. The number of carbonyl (C=O) groups is 1. The Kier molecular flexibility index (Phi) is 8.04. The van der Waals surface area contributed by atoms with Crippen molar-refractivity contribution in [2.24, 2.45) is 5.92 Å². The molecule has 2 N–H and O–H groups in total. The summed E-state index contributed by atoms with van der Waals surface area (Å²) in [6.45, 7) is 1.95. The molecule has 1 unspecified atom stereocenters. The molecule has 4 rings (SSSR count). The van der Waals surface area contributed by atoms with Gasteiger partial charge in [-0.15, -0.1) is 0 Å². The Morgan fingerprint density at radius 1 is 1.00 bits per heavy atom. The number of piperidine rings is 1. The molecule has 0 saturated carbocycles. The second kappa shape index (κ2) is 11.6. The number of nitrogens with zero attached hydrogens (tertiary/aromatic N) is 1. The predicted octanol–water partition coefficient (Wildman–Crippen LogP) is 5.24. The maximum Gasteiger partial charge on any atom is 0.321 e. The van der Waals surface area contributed by atoms with Gasteiger partial charge < -0.3 is 20.1 Å². The molecular weight excluding hydrogens is 426 g/mol. The number of nitrogens with one attached hydrogen (secondary N) is 2. The number of anilines is 1. The summed E-state index contributed by atoms with van der Waals surface area (Å²) in [5.41, 5.74) is 2.00. The number of para-hydroxylation sites is 3. The summed E-state index contributed by atoms with van der Waals surface area (Å²) in [6.07, 6.45) is 2.82. The molecule has 1 fully saturated rings. The van der Waals surface area contributed by atoms with E-state index in [0.717, 1.165) is 49.4 Å². The fourth-order valence-electron chi connectivity index (χ4n) is 4.43. The predicted molar refractivity (Wildman–Crippen MR) is 136 cm³/mol. The largest absolute Gasteiger partial charge is 0.493 e. The van der Waals surface area contributed by atoms with Crippen molar-refractivity contribution in [1.29, 1.82) is 0 Å². The normalized spacial score (nSPS) is 14.8. The van der Waals surface area contributed by atoms with Crippen molar-refractivity contribution >= 4 is 11.7 Å². The number of hydrogen-bond donors (Lipinski definition) is 2. The SMILES string of the molecule is COc1ccccc1Oc1cccc(CC(NC(=O)N(C)c2ccccc2)C2CCNCC2)c1.